The summed E-state index contributed by atoms with van der Waals surface area (Å²) < 4.78 is 12.3. The smallest absolute Gasteiger partial charge is 0.264 e. The van der Waals surface area contributed by atoms with Gasteiger partial charge in [-0.15, -0.1) is 15.3 Å². The molecule has 0 radical (unpaired) electrons. The molecule has 0 fully saturated rings. The number of anilines is 1. The van der Waals surface area contributed by atoms with Gasteiger partial charge in [-0.2, -0.15) is 4.52 Å². The summed E-state index contributed by atoms with van der Waals surface area (Å²) in [6.07, 6.45) is 0. The molecule has 8 nitrogen and oxygen atoms in total. The molecule has 2 aromatic heterocycles. The molecule has 0 aliphatic carbocycles. The van der Waals surface area contributed by atoms with E-state index < -0.39 is 0 Å². The number of aromatic nitrogens is 4. The average Bonchev–Trinajstić information content (AvgIpc) is 3.27. The van der Waals surface area contributed by atoms with Crippen molar-refractivity contribution < 1.29 is 14.3 Å². The fourth-order valence-corrected chi connectivity index (χ4v) is 3.19. The van der Waals surface area contributed by atoms with Gasteiger partial charge in [-0.25, -0.2) is 0 Å². The molecule has 0 aliphatic heterocycles. The number of ether oxygens (including phenoxy) is 2. The third-order valence-corrected chi connectivity index (χ3v) is 4.49. The highest BCUT2D eigenvalue weighted by atomic mass is 32.1. The summed E-state index contributed by atoms with van der Waals surface area (Å²) in [5.74, 6) is 1.62. The van der Waals surface area contributed by atoms with E-state index in [9.17, 15) is 4.79 Å². The molecule has 27 heavy (non-hydrogen) atoms. The number of para-hydroxylation sites is 1. The Kier molecular flexibility index (Phi) is 4.67. The Hall–Kier alpha value is -3.46. The van der Waals surface area contributed by atoms with Crippen molar-refractivity contribution in [2.75, 3.05) is 19.0 Å². The number of fused-ring (bicyclic) bond motifs is 1. The van der Waals surface area contributed by atoms with Gasteiger partial charge in [-0.1, -0.05) is 41.7 Å². The van der Waals surface area contributed by atoms with Gasteiger partial charge in [0.15, 0.2) is 12.4 Å². The Labute approximate surface area is 158 Å². The van der Waals surface area contributed by atoms with E-state index >= 15 is 0 Å². The average molecular weight is 381 g/mol. The number of nitrogens with zero attached hydrogens (tertiary/aromatic N) is 4. The van der Waals surface area contributed by atoms with E-state index in [4.69, 9.17) is 9.47 Å². The van der Waals surface area contributed by atoms with E-state index in [1.54, 1.807) is 23.8 Å². The predicted octanol–water partition coefficient (Wildman–Crippen LogP) is 2.88. The van der Waals surface area contributed by atoms with Crippen LogP contribution in [0.1, 0.15) is 0 Å². The number of carbonyl (C=O) groups is 1. The van der Waals surface area contributed by atoms with Crippen molar-refractivity contribution in [1.82, 2.24) is 19.8 Å². The van der Waals surface area contributed by atoms with Crippen LogP contribution >= 0.6 is 11.3 Å². The minimum atomic E-state index is -0.299. The Morgan fingerprint density at radius 2 is 1.93 bits per heavy atom. The molecule has 1 amide bonds. The van der Waals surface area contributed by atoms with Crippen LogP contribution in [0.2, 0.25) is 0 Å². The van der Waals surface area contributed by atoms with Crippen LogP contribution in [-0.4, -0.2) is 39.4 Å². The third kappa shape index (κ3) is 3.72. The van der Waals surface area contributed by atoms with Gasteiger partial charge in [0.1, 0.15) is 11.5 Å². The van der Waals surface area contributed by atoms with E-state index in [0.29, 0.717) is 27.4 Å². The predicted molar refractivity (Wildman–Crippen MR) is 101 cm³/mol. The van der Waals surface area contributed by atoms with E-state index in [1.165, 1.54) is 11.3 Å². The second-order valence-corrected chi connectivity index (χ2v) is 6.46. The monoisotopic (exact) mass is 381 g/mol. The van der Waals surface area contributed by atoms with Gasteiger partial charge in [0.05, 0.1) is 7.11 Å². The van der Waals surface area contributed by atoms with Crippen LogP contribution in [0.25, 0.3) is 16.3 Å². The molecular formula is C18H15N5O3S. The Balaban J connectivity index is 1.49. The molecule has 2 heterocycles. The standard InChI is InChI=1S/C18H15N5O3S/c1-25-14-9-5-6-12(10-14)16-20-21-18-23(16)22-17(27-18)19-15(24)11-26-13-7-3-2-4-8-13/h2-10H,11H2,1H3,(H,19,22,24). The lowest BCUT2D eigenvalue weighted by Gasteiger charge is -2.05. The highest BCUT2D eigenvalue weighted by Crippen LogP contribution is 2.26. The molecule has 1 N–H and O–H groups in total. The number of rotatable bonds is 6. The lowest BCUT2D eigenvalue weighted by molar-refractivity contribution is -0.118. The number of benzene rings is 2. The largest absolute Gasteiger partial charge is 0.497 e. The molecule has 0 bridgehead atoms. The SMILES string of the molecule is COc1cccc(-c2nnc3sc(NC(=O)COc4ccccc4)nn23)c1. The Morgan fingerprint density at radius 3 is 2.74 bits per heavy atom. The van der Waals surface area contributed by atoms with Crippen LogP contribution < -0.4 is 14.8 Å². The molecule has 9 heteroatoms. The topological polar surface area (TPSA) is 90.6 Å². The highest BCUT2D eigenvalue weighted by molar-refractivity contribution is 7.20. The van der Waals surface area contributed by atoms with Crippen LogP contribution in [0.5, 0.6) is 11.5 Å². The van der Waals surface area contributed by atoms with Gasteiger partial charge < -0.3 is 9.47 Å². The number of carbonyl (C=O) groups excluding carboxylic acids is 1. The zero-order chi connectivity index (χ0) is 18.6. The van der Waals surface area contributed by atoms with Gasteiger partial charge in [-0.05, 0) is 24.3 Å². The third-order valence-electron chi connectivity index (χ3n) is 3.68. The van der Waals surface area contributed by atoms with Crippen LogP contribution in [0, 0.1) is 0 Å². The molecule has 4 aromatic rings. The molecular weight excluding hydrogens is 366 g/mol. The van der Waals surface area contributed by atoms with Crippen molar-refractivity contribution in [3.63, 3.8) is 0 Å². The van der Waals surface area contributed by atoms with Crippen LogP contribution in [0.4, 0.5) is 5.13 Å². The molecule has 136 valence electrons. The second kappa shape index (κ2) is 7.42. The van der Waals surface area contributed by atoms with Gasteiger partial charge >= 0.3 is 0 Å². The van der Waals surface area contributed by atoms with E-state index in [-0.39, 0.29) is 12.5 Å². The summed E-state index contributed by atoms with van der Waals surface area (Å²) in [6.45, 7) is -0.104. The van der Waals surface area contributed by atoms with Crippen LogP contribution in [-0.2, 0) is 4.79 Å². The van der Waals surface area contributed by atoms with Crippen LogP contribution in [0.3, 0.4) is 0 Å². The zero-order valence-electron chi connectivity index (χ0n) is 14.3. The normalized spacial score (nSPS) is 10.7. The molecule has 0 atom stereocenters. The molecule has 4 rings (SSSR count). The summed E-state index contributed by atoms with van der Waals surface area (Å²) >= 11 is 1.23. The summed E-state index contributed by atoms with van der Waals surface area (Å²) in [5.41, 5.74) is 0.817. The van der Waals surface area contributed by atoms with Crippen molar-refractivity contribution in [3.8, 4) is 22.9 Å². The van der Waals surface area contributed by atoms with E-state index in [1.807, 2.05) is 42.5 Å². The van der Waals surface area contributed by atoms with Crippen molar-refractivity contribution in [3.05, 3.63) is 54.6 Å². The first kappa shape index (κ1) is 17.0. The van der Waals surface area contributed by atoms with Gasteiger partial charge in [-0.3, -0.25) is 10.1 Å². The maximum absolute atomic E-state index is 12.1. The van der Waals surface area contributed by atoms with Gasteiger partial charge in [0.2, 0.25) is 10.1 Å². The van der Waals surface area contributed by atoms with Crippen LogP contribution in [0.15, 0.2) is 54.6 Å². The molecule has 0 saturated carbocycles. The minimum absolute atomic E-state index is 0.104. The maximum atomic E-state index is 12.1. The first-order chi connectivity index (χ1) is 13.2. The fraction of sp³-hybridized carbons (Fsp3) is 0.111. The lowest BCUT2D eigenvalue weighted by Crippen LogP contribution is -2.20. The lowest BCUT2D eigenvalue weighted by atomic mass is 10.2. The number of nitrogens with one attached hydrogen (secondary N) is 1. The van der Waals surface area contributed by atoms with Gasteiger partial charge in [0, 0.05) is 5.56 Å². The fourth-order valence-electron chi connectivity index (χ4n) is 2.43. The number of amides is 1. The first-order valence-corrected chi connectivity index (χ1v) is 8.89. The summed E-state index contributed by atoms with van der Waals surface area (Å²) in [6, 6.07) is 16.6. The van der Waals surface area contributed by atoms with E-state index in [2.05, 4.69) is 20.6 Å². The Morgan fingerprint density at radius 1 is 1.11 bits per heavy atom. The Bertz CT molecular complexity index is 1080. The van der Waals surface area contributed by atoms with E-state index in [0.717, 1.165) is 5.56 Å². The van der Waals surface area contributed by atoms with Crippen molar-refractivity contribution in [1.29, 1.82) is 0 Å². The van der Waals surface area contributed by atoms with Gasteiger partial charge in [0.25, 0.3) is 5.91 Å². The molecule has 0 spiro atoms. The summed E-state index contributed by atoms with van der Waals surface area (Å²) in [5, 5.41) is 15.8. The number of methoxy groups -OCH3 is 1. The molecule has 0 aliphatic rings. The van der Waals surface area contributed by atoms with Crippen molar-refractivity contribution in [2.24, 2.45) is 0 Å². The number of hydrogen-bond donors (Lipinski definition) is 1. The maximum Gasteiger partial charge on any atom is 0.264 e. The summed E-state index contributed by atoms with van der Waals surface area (Å²) in [4.78, 5) is 12.7. The van der Waals surface area contributed by atoms with Crippen molar-refractivity contribution in [2.45, 2.75) is 0 Å². The first-order valence-electron chi connectivity index (χ1n) is 8.07. The summed E-state index contributed by atoms with van der Waals surface area (Å²) in [7, 11) is 1.60. The zero-order valence-corrected chi connectivity index (χ0v) is 15.1. The second-order valence-electron chi connectivity index (χ2n) is 5.51. The van der Waals surface area contributed by atoms with Crippen molar-refractivity contribution >= 4 is 27.3 Å². The number of hydrogen-bond acceptors (Lipinski definition) is 7. The quantitative estimate of drug-likeness (QED) is 0.552. The molecule has 2 aromatic carbocycles. The molecule has 0 saturated heterocycles. The highest BCUT2D eigenvalue weighted by Gasteiger charge is 2.15. The molecule has 0 unspecified atom stereocenters. The minimum Gasteiger partial charge on any atom is -0.497 e.